The van der Waals surface area contributed by atoms with Crippen molar-refractivity contribution in [1.29, 1.82) is 5.26 Å². The van der Waals surface area contributed by atoms with Gasteiger partial charge in [-0.1, -0.05) is 29.8 Å². The fourth-order valence-electron chi connectivity index (χ4n) is 3.51. The fraction of sp³-hybridized carbons (Fsp3) is 0.207. The summed E-state index contributed by atoms with van der Waals surface area (Å²) in [6.07, 6.45) is 1.47. The number of hydrogen-bond acceptors (Lipinski definition) is 5. The molecule has 184 valence electrons. The van der Waals surface area contributed by atoms with Crippen molar-refractivity contribution < 1.29 is 19.1 Å². The first-order chi connectivity index (χ1) is 17.2. The summed E-state index contributed by atoms with van der Waals surface area (Å²) in [5, 5.41) is 15.1. The van der Waals surface area contributed by atoms with Crippen molar-refractivity contribution in [1.82, 2.24) is 0 Å². The molecule has 0 aromatic heterocycles. The number of nitrogens with one attached hydrogen (secondary N) is 2. The van der Waals surface area contributed by atoms with Crippen molar-refractivity contribution in [2.75, 3.05) is 24.4 Å². The van der Waals surface area contributed by atoms with Gasteiger partial charge in [-0.05, 0) is 86.4 Å². The van der Waals surface area contributed by atoms with Gasteiger partial charge in [-0.25, -0.2) is 0 Å². The maximum Gasteiger partial charge on any atom is 0.266 e. The van der Waals surface area contributed by atoms with Crippen molar-refractivity contribution in [2.45, 2.75) is 27.7 Å². The lowest BCUT2D eigenvalue weighted by molar-refractivity contribution is -0.118. The molecule has 2 amide bonds. The molecular weight excluding hydrogens is 454 g/mol. The summed E-state index contributed by atoms with van der Waals surface area (Å²) < 4.78 is 11.0. The highest BCUT2D eigenvalue weighted by atomic mass is 16.5. The van der Waals surface area contributed by atoms with E-state index in [4.69, 9.17) is 9.47 Å². The Morgan fingerprint density at radius 3 is 2.33 bits per heavy atom. The van der Waals surface area contributed by atoms with E-state index in [0.717, 1.165) is 22.3 Å². The molecule has 2 N–H and O–H groups in total. The van der Waals surface area contributed by atoms with Gasteiger partial charge in [0.1, 0.15) is 11.6 Å². The summed E-state index contributed by atoms with van der Waals surface area (Å²) in [4.78, 5) is 25.0. The van der Waals surface area contributed by atoms with Crippen molar-refractivity contribution in [3.05, 3.63) is 88.0 Å². The third-order valence-corrected chi connectivity index (χ3v) is 5.64. The highest BCUT2D eigenvalue weighted by Crippen LogP contribution is 2.29. The van der Waals surface area contributed by atoms with Crippen LogP contribution in [-0.4, -0.2) is 25.5 Å². The quantitative estimate of drug-likeness (QED) is 0.326. The number of carbonyl (C=O) groups excluding carboxylic acids is 2. The summed E-state index contributed by atoms with van der Waals surface area (Å²) >= 11 is 0. The van der Waals surface area contributed by atoms with E-state index in [1.165, 1.54) is 13.2 Å². The Labute approximate surface area is 211 Å². The van der Waals surface area contributed by atoms with E-state index in [2.05, 4.69) is 10.6 Å². The minimum absolute atomic E-state index is 0.0570. The number of methoxy groups -OCH3 is 1. The van der Waals surface area contributed by atoms with E-state index in [9.17, 15) is 14.9 Å². The molecule has 0 spiro atoms. The van der Waals surface area contributed by atoms with Gasteiger partial charge in [0.15, 0.2) is 18.1 Å². The Hall–Kier alpha value is -4.57. The molecule has 3 aromatic rings. The molecule has 0 aliphatic rings. The standard InChI is InChI=1S/C29H29N3O4/c1-18-6-10-25(21(4)12-18)32-29(34)23(16-30)14-22-8-11-26(27(15-22)35-5)36-17-28(33)31-24-9-7-19(2)20(3)13-24/h6-15H,17H2,1-5H3,(H,31,33)(H,32,34)/b23-14+. The maximum absolute atomic E-state index is 12.7. The molecule has 0 aliphatic carbocycles. The molecule has 0 saturated heterocycles. The van der Waals surface area contributed by atoms with Crippen molar-refractivity contribution in [3.63, 3.8) is 0 Å². The number of nitrogens with zero attached hydrogens (tertiary/aromatic N) is 1. The molecule has 3 rings (SSSR count). The molecule has 3 aromatic carbocycles. The maximum atomic E-state index is 12.7. The van der Waals surface area contributed by atoms with Gasteiger partial charge in [-0.2, -0.15) is 5.26 Å². The number of amides is 2. The summed E-state index contributed by atoms with van der Waals surface area (Å²) in [7, 11) is 1.48. The molecule has 0 saturated carbocycles. The number of rotatable bonds is 8. The highest BCUT2D eigenvalue weighted by molar-refractivity contribution is 6.10. The Kier molecular flexibility index (Phi) is 8.48. The van der Waals surface area contributed by atoms with Gasteiger partial charge in [0, 0.05) is 11.4 Å². The van der Waals surface area contributed by atoms with E-state index in [-0.39, 0.29) is 18.1 Å². The zero-order valence-corrected chi connectivity index (χ0v) is 21.1. The molecule has 7 nitrogen and oxygen atoms in total. The Bertz CT molecular complexity index is 1370. The lowest BCUT2D eigenvalue weighted by Gasteiger charge is -2.12. The Morgan fingerprint density at radius 2 is 1.67 bits per heavy atom. The van der Waals surface area contributed by atoms with E-state index >= 15 is 0 Å². The molecule has 0 atom stereocenters. The van der Waals surface area contributed by atoms with Crippen LogP contribution >= 0.6 is 0 Å². The average Bonchev–Trinajstić information content (AvgIpc) is 2.85. The molecule has 7 heteroatoms. The third-order valence-electron chi connectivity index (χ3n) is 5.64. The van der Waals surface area contributed by atoms with E-state index in [1.807, 2.05) is 70.2 Å². The highest BCUT2D eigenvalue weighted by Gasteiger charge is 2.13. The lowest BCUT2D eigenvalue weighted by Crippen LogP contribution is -2.20. The van der Waals surface area contributed by atoms with Crippen LogP contribution in [0.3, 0.4) is 0 Å². The van der Waals surface area contributed by atoms with Crippen molar-refractivity contribution >= 4 is 29.3 Å². The zero-order valence-electron chi connectivity index (χ0n) is 21.1. The van der Waals surface area contributed by atoms with Gasteiger partial charge in [0.2, 0.25) is 0 Å². The molecule has 0 unspecified atom stereocenters. The fourth-order valence-corrected chi connectivity index (χ4v) is 3.51. The monoisotopic (exact) mass is 483 g/mol. The minimum atomic E-state index is -0.508. The van der Waals surface area contributed by atoms with Crippen LogP contribution in [0.5, 0.6) is 11.5 Å². The molecule has 0 fully saturated rings. The average molecular weight is 484 g/mol. The smallest absolute Gasteiger partial charge is 0.266 e. The molecule has 36 heavy (non-hydrogen) atoms. The van der Waals surface area contributed by atoms with E-state index in [0.29, 0.717) is 28.4 Å². The van der Waals surface area contributed by atoms with Gasteiger partial charge >= 0.3 is 0 Å². The van der Waals surface area contributed by atoms with Gasteiger partial charge in [0.25, 0.3) is 11.8 Å². The Balaban J connectivity index is 1.69. The van der Waals surface area contributed by atoms with Crippen LogP contribution in [0, 0.1) is 39.0 Å². The molecule has 0 heterocycles. The predicted octanol–water partition coefficient (Wildman–Crippen LogP) is 5.49. The van der Waals surface area contributed by atoms with Crippen LogP contribution in [0.15, 0.2) is 60.2 Å². The second kappa shape index (κ2) is 11.7. The first kappa shape index (κ1) is 26.0. The SMILES string of the molecule is COc1cc(/C=C(\C#N)C(=O)Nc2ccc(C)cc2C)ccc1OCC(=O)Nc1ccc(C)c(C)c1. The number of nitriles is 1. The number of hydrogen-bond donors (Lipinski definition) is 2. The van der Waals surface area contributed by atoms with Crippen LogP contribution in [0.1, 0.15) is 27.8 Å². The predicted molar refractivity (Wildman–Crippen MR) is 141 cm³/mol. The molecule has 0 bridgehead atoms. The first-order valence-corrected chi connectivity index (χ1v) is 11.4. The number of anilines is 2. The zero-order chi connectivity index (χ0) is 26.2. The van der Waals surface area contributed by atoms with Crippen LogP contribution in [0.25, 0.3) is 6.08 Å². The Morgan fingerprint density at radius 1 is 0.889 bits per heavy atom. The van der Waals surface area contributed by atoms with Gasteiger partial charge < -0.3 is 20.1 Å². The van der Waals surface area contributed by atoms with Crippen molar-refractivity contribution in [2.24, 2.45) is 0 Å². The van der Waals surface area contributed by atoms with Gasteiger partial charge in [-0.15, -0.1) is 0 Å². The second-order valence-electron chi connectivity index (χ2n) is 8.49. The van der Waals surface area contributed by atoms with Crippen molar-refractivity contribution in [3.8, 4) is 17.6 Å². The van der Waals surface area contributed by atoms with Crippen LogP contribution in [0.2, 0.25) is 0 Å². The second-order valence-corrected chi connectivity index (χ2v) is 8.49. The summed E-state index contributed by atoms with van der Waals surface area (Å²) in [5.41, 5.74) is 6.08. The first-order valence-electron chi connectivity index (χ1n) is 11.4. The molecular formula is C29H29N3O4. The summed E-state index contributed by atoms with van der Waals surface area (Å²) in [6, 6.07) is 18.2. The number of carbonyl (C=O) groups is 2. The van der Waals surface area contributed by atoms with Gasteiger partial charge in [0.05, 0.1) is 7.11 Å². The van der Waals surface area contributed by atoms with Gasteiger partial charge in [-0.3, -0.25) is 9.59 Å². The normalized spacial score (nSPS) is 10.8. The number of ether oxygens (including phenoxy) is 2. The number of aryl methyl sites for hydroxylation is 4. The third kappa shape index (κ3) is 6.73. The van der Waals surface area contributed by atoms with Crippen LogP contribution in [0.4, 0.5) is 11.4 Å². The lowest BCUT2D eigenvalue weighted by atomic mass is 10.1. The number of benzene rings is 3. The minimum Gasteiger partial charge on any atom is -0.493 e. The molecule has 0 aliphatic heterocycles. The summed E-state index contributed by atoms with van der Waals surface area (Å²) in [5.74, 6) is -0.0798. The molecule has 0 radical (unpaired) electrons. The van der Waals surface area contributed by atoms with E-state index in [1.54, 1.807) is 18.2 Å². The van der Waals surface area contributed by atoms with Crippen LogP contribution in [-0.2, 0) is 9.59 Å². The largest absolute Gasteiger partial charge is 0.493 e. The van der Waals surface area contributed by atoms with Crippen LogP contribution < -0.4 is 20.1 Å². The summed E-state index contributed by atoms with van der Waals surface area (Å²) in [6.45, 7) is 7.64. The van der Waals surface area contributed by atoms with E-state index < -0.39 is 5.91 Å². The topological polar surface area (TPSA) is 100 Å².